The van der Waals surface area contributed by atoms with Crippen molar-refractivity contribution in [3.8, 4) is 5.69 Å². The first-order valence-corrected chi connectivity index (χ1v) is 6.01. The van der Waals surface area contributed by atoms with E-state index in [1.54, 1.807) is 10.6 Å². The molecular weight excluding hydrogens is 237 g/mol. The number of aryl methyl sites for hydroxylation is 1. The zero-order valence-corrected chi connectivity index (χ0v) is 10.2. The lowest BCUT2D eigenvalue weighted by atomic mass is 10.2. The van der Waals surface area contributed by atoms with E-state index < -0.39 is 0 Å². The standard InChI is InChI=1S/C12H12FN3S/c1-7-2-5-10(9(13)6-7)16-11(8-3-4-8)14-15-12(16)17/h2,5-6,8H,3-4H2,1H3,(H,15,17). The molecule has 0 saturated heterocycles. The van der Waals surface area contributed by atoms with E-state index in [9.17, 15) is 4.39 Å². The molecule has 1 saturated carbocycles. The maximum absolute atomic E-state index is 13.9. The summed E-state index contributed by atoms with van der Waals surface area (Å²) in [7, 11) is 0. The highest BCUT2D eigenvalue weighted by molar-refractivity contribution is 7.71. The molecule has 1 N–H and O–H groups in total. The molecule has 1 fully saturated rings. The summed E-state index contributed by atoms with van der Waals surface area (Å²) in [5.41, 5.74) is 1.38. The van der Waals surface area contributed by atoms with Crippen LogP contribution in [0.3, 0.4) is 0 Å². The van der Waals surface area contributed by atoms with Gasteiger partial charge in [0.1, 0.15) is 11.6 Å². The summed E-state index contributed by atoms with van der Waals surface area (Å²) in [6.07, 6.45) is 2.21. The van der Waals surface area contributed by atoms with Crippen LogP contribution in [0.15, 0.2) is 18.2 Å². The Morgan fingerprint density at radius 1 is 1.47 bits per heavy atom. The quantitative estimate of drug-likeness (QED) is 0.829. The average Bonchev–Trinajstić information content (AvgIpc) is 3.04. The number of benzene rings is 1. The van der Waals surface area contributed by atoms with Gasteiger partial charge in [-0.2, -0.15) is 5.10 Å². The molecule has 5 heteroatoms. The maximum Gasteiger partial charge on any atom is 0.199 e. The second-order valence-electron chi connectivity index (χ2n) is 4.45. The first-order chi connectivity index (χ1) is 8.16. The number of hydrogen-bond donors (Lipinski definition) is 1. The van der Waals surface area contributed by atoms with Gasteiger partial charge in [-0.25, -0.2) is 4.39 Å². The van der Waals surface area contributed by atoms with Gasteiger partial charge in [0.2, 0.25) is 0 Å². The smallest absolute Gasteiger partial charge is 0.199 e. The molecule has 0 bridgehead atoms. The predicted molar refractivity (Wildman–Crippen MR) is 65.4 cm³/mol. The van der Waals surface area contributed by atoms with Gasteiger partial charge in [-0.05, 0) is 49.7 Å². The predicted octanol–water partition coefficient (Wildman–Crippen LogP) is 3.25. The van der Waals surface area contributed by atoms with Gasteiger partial charge < -0.3 is 0 Å². The number of nitrogens with one attached hydrogen (secondary N) is 1. The van der Waals surface area contributed by atoms with Gasteiger partial charge in [0.15, 0.2) is 4.77 Å². The Morgan fingerprint density at radius 3 is 2.88 bits per heavy atom. The number of aromatic nitrogens is 3. The minimum absolute atomic E-state index is 0.260. The molecule has 3 rings (SSSR count). The van der Waals surface area contributed by atoms with Crippen LogP contribution in [-0.4, -0.2) is 14.8 Å². The summed E-state index contributed by atoms with van der Waals surface area (Å²) in [6, 6.07) is 5.15. The molecule has 3 nitrogen and oxygen atoms in total. The highest BCUT2D eigenvalue weighted by Crippen LogP contribution is 2.39. The zero-order valence-electron chi connectivity index (χ0n) is 9.40. The van der Waals surface area contributed by atoms with Crippen LogP contribution in [0.4, 0.5) is 4.39 Å². The Labute approximate surface area is 103 Å². The van der Waals surface area contributed by atoms with Gasteiger partial charge in [-0.1, -0.05) is 6.07 Å². The third-order valence-electron chi connectivity index (χ3n) is 2.98. The Bertz CT molecular complexity index is 625. The van der Waals surface area contributed by atoms with Crippen molar-refractivity contribution in [2.24, 2.45) is 0 Å². The number of rotatable bonds is 2. The Morgan fingerprint density at radius 2 is 2.24 bits per heavy atom. The van der Waals surface area contributed by atoms with E-state index in [4.69, 9.17) is 12.2 Å². The van der Waals surface area contributed by atoms with Crippen molar-refractivity contribution >= 4 is 12.2 Å². The number of hydrogen-bond acceptors (Lipinski definition) is 2. The van der Waals surface area contributed by atoms with Crippen LogP contribution < -0.4 is 0 Å². The van der Waals surface area contributed by atoms with E-state index in [-0.39, 0.29) is 5.82 Å². The number of halogens is 1. The van der Waals surface area contributed by atoms with Crippen LogP contribution in [0.25, 0.3) is 5.69 Å². The fraction of sp³-hybridized carbons (Fsp3) is 0.333. The molecule has 0 aliphatic heterocycles. The van der Waals surface area contributed by atoms with E-state index >= 15 is 0 Å². The molecule has 0 amide bonds. The van der Waals surface area contributed by atoms with Crippen LogP contribution in [0.5, 0.6) is 0 Å². The number of nitrogens with zero attached hydrogens (tertiary/aromatic N) is 2. The molecule has 1 aromatic carbocycles. The molecule has 2 aromatic rings. The summed E-state index contributed by atoms with van der Waals surface area (Å²) < 4.78 is 16.1. The van der Waals surface area contributed by atoms with Gasteiger partial charge in [0, 0.05) is 5.92 Å². The normalized spacial score (nSPS) is 15.2. The summed E-state index contributed by atoms with van der Waals surface area (Å²) >= 11 is 5.17. The maximum atomic E-state index is 13.9. The molecule has 0 unspecified atom stereocenters. The minimum atomic E-state index is -0.260. The molecule has 1 heterocycles. The van der Waals surface area contributed by atoms with Gasteiger partial charge in [-0.15, -0.1) is 0 Å². The molecule has 0 atom stereocenters. The van der Waals surface area contributed by atoms with Gasteiger partial charge in [0.25, 0.3) is 0 Å². The molecule has 88 valence electrons. The topological polar surface area (TPSA) is 33.6 Å². The third kappa shape index (κ3) is 1.80. The van der Waals surface area contributed by atoms with Crippen molar-refractivity contribution in [2.75, 3.05) is 0 Å². The van der Waals surface area contributed by atoms with Crippen molar-refractivity contribution in [1.82, 2.24) is 14.8 Å². The largest absolute Gasteiger partial charge is 0.269 e. The van der Waals surface area contributed by atoms with Crippen LogP contribution in [-0.2, 0) is 0 Å². The Balaban J connectivity index is 2.20. The first-order valence-electron chi connectivity index (χ1n) is 5.60. The molecule has 1 aliphatic carbocycles. The Kier molecular flexibility index (Phi) is 2.36. The van der Waals surface area contributed by atoms with Gasteiger partial charge in [0.05, 0.1) is 5.69 Å². The van der Waals surface area contributed by atoms with E-state index in [0.717, 1.165) is 24.2 Å². The molecule has 0 spiro atoms. The van der Waals surface area contributed by atoms with E-state index in [0.29, 0.717) is 16.4 Å². The van der Waals surface area contributed by atoms with Crippen LogP contribution in [0.2, 0.25) is 0 Å². The number of H-pyrrole nitrogens is 1. The van der Waals surface area contributed by atoms with Crippen molar-refractivity contribution in [3.05, 3.63) is 40.2 Å². The molecule has 17 heavy (non-hydrogen) atoms. The van der Waals surface area contributed by atoms with E-state index in [1.165, 1.54) is 6.07 Å². The van der Waals surface area contributed by atoms with Crippen molar-refractivity contribution < 1.29 is 4.39 Å². The van der Waals surface area contributed by atoms with Crippen LogP contribution >= 0.6 is 12.2 Å². The van der Waals surface area contributed by atoms with E-state index in [1.807, 2.05) is 13.0 Å². The Hall–Kier alpha value is -1.49. The van der Waals surface area contributed by atoms with Crippen molar-refractivity contribution in [2.45, 2.75) is 25.7 Å². The third-order valence-corrected chi connectivity index (χ3v) is 3.26. The summed E-state index contributed by atoms with van der Waals surface area (Å²) in [5, 5.41) is 6.94. The molecule has 0 radical (unpaired) electrons. The molecule has 1 aromatic heterocycles. The molecule has 1 aliphatic rings. The lowest BCUT2D eigenvalue weighted by Gasteiger charge is -2.07. The monoisotopic (exact) mass is 249 g/mol. The summed E-state index contributed by atoms with van der Waals surface area (Å²) in [5.74, 6) is 1.01. The fourth-order valence-corrected chi connectivity index (χ4v) is 2.19. The van der Waals surface area contributed by atoms with Crippen molar-refractivity contribution in [1.29, 1.82) is 0 Å². The summed E-state index contributed by atoms with van der Waals surface area (Å²) in [6.45, 7) is 1.86. The lowest BCUT2D eigenvalue weighted by Crippen LogP contribution is -2.03. The lowest BCUT2D eigenvalue weighted by molar-refractivity contribution is 0.613. The van der Waals surface area contributed by atoms with Gasteiger partial charge in [-0.3, -0.25) is 9.67 Å². The molecular formula is C12H12FN3S. The first kappa shape index (κ1) is 10.7. The highest BCUT2D eigenvalue weighted by Gasteiger charge is 2.30. The second kappa shape index (κ2) is 3.77. The fourth-order valence-electron chi connectivity index (χ4n) is 1.95. The van der Waals surface area contributed by atoms with Crippen LogP contribution in [0, 0.1) is 17.5 Å². The number of aromatic amines is 1. The SMILES string of the molecule is Cc1ccc(-n2c(C3CC3)n[nH]c2=S)c(F)c1. The minimum Gasteiger partial charge on any atom is -0.269 e. The second-order valence-corrected chi connectivity index (χ2v) is 4.84. The van der Waals surface area contributed by atoms with E-state index in [2.05, 4.69) is 10.2 Å². The average molecular weight is 249 g/mol. The summed E-state index contributed by atoms with van der Waals surface area (Å²) in [4.78, 5) is 0. The zero-order chi connectivity index (χ0) is 12.0. The highest BCUT2D eigenvalue weighted by atomic mass is 32.1. The van der Waals surface area contributed by atoms with Crippen LogP contribution in [0.1, 0.15) is 30.1 Å². The van der Waals surface area contributed by atoms with Crippen molar-refractivity contribution in [3.63, 3.8) is 0 Å². The van der Waals surface area contributed by atoms with Gasteiger partial charge >= 0.3 is 0 Å².